The standard InChI is InChI=1S/C13H13N3O3S/c1-14-7-9-4-2-3-5-11(9)15-13(17)10-6-12(16(18)19)20-8-10/h2-6,8,14H,7H2,1H3,(H,15,17). The van der Waals surface area contributed by atoms with Gasteiger partial charge in [-0.05, 0) is 18.7 Å². The highest BCUT2D eigenvalue weighted by Gasteiger charge is 2.15. The zero-order valence-corrected chi connectivity index (χ0v) is 11.6. The summed E-state index contributed by atoms with van der Waals surface area (Å²) in [4.78, 5) is 22.2. The summed E-state index contributed by atoms with van der Waals surface area (Å²) in [5, 5.41) is 17.8. The number of carbonyl (C=O) groups excluding carboxylic acids is 1. The summed E-state index contributed by atoms with van der Waals surface area (Å²) in [6.07, 6.45) is 0. The van der Waals surface area contributed by atoms with Gasteiger partial charge in [0.05, 0.1) is 10.5 Å². The summed E-state index contributed by atoms with van der Waals surface area (Å²) in [5.41, 5.74) is 1.94. The van der Waals surface area contributed by atoms with E-state index in [2.05, 4.69) is 10.6 Å². The van der Waals surface area contributed by atoms with Gasteiger partial charge in [-0.2, -0.15) is 0 Å². The van der Waals surface area contributed by atoms with Gasteiger partial charge in [0, 0.05) is 23.7 Å². The van der Waals surface area contributed by atoms with E-state index in [9.17, 15) is 14.9 Å². The van der Waals surface area contributed by atoms with E-state index in [1.165, 1.54) is 11.4 Å². The number of amides is 1. The highest BCUT2D eigenvalue weighted by atomic mass is 32.1. The summed E-state index contributed by atoms with van der Waals surface area (Å²) >= 11 is 0.939. The zero-order chi connectivity index (χ0) is 14.5. The first-order valence-electron chi connectivity index (χ1n) is 5.88. The maximum absolute atomic E-state index is 12.1. The molecule has 1 aromatic carbocycles. The molecule has 1 heterocycles. The fraction of sp³-hybridized carbons (Fsp3) is 0.154. The summed E-state index contributed by atoms with van der Waals surface area (Å²) in [5.74, 6) is -0.349. The van der Waals surface area contributed by atoms with E-state index < -0.39 is 4.92 Å². The average molecular weight is 291 g/mol. The number of benzene rings is 1. The molecule has 0 saturated heterocycles. The van der Waals surface area contributed by atoms with Crippen LogP contribution in [0.2, 0.25) is 0 Å². The van der Waals surface area contributed by atoms with Crippen LogP contribution < -0.4 is 10.6 Å². The SMILES string of the molecule is CNCc1ccccc1NC(=O)c1csc([N+](=O)[O-])c1. The molecule has 0 unspecified atom stereocenters. The second kappa shape index (κ2) is 6.27. The average Bonchev–Trinajstić information content (AvgIpc) is 2.91. The number of nitrogens with zero attached hydrogens (tertiary/aromatic N) is 1. The molecule has 0 radical (unpaired) electrons. The smallest absolute Gasteiger partial charge is 0.322 e. The first-order valence-corrected chi connectivity index (χ1v) is 6.76. The third kappa shape index (κ3) is 3.19. The third-order valence-electron chi connectivity index (χ3n) is 2.66. The van der Waals surface area contributed by atoms with Crippen molar-refractivity contribution >= 4 is 27.9 Å². The van der Waals surface area contributed by atoms with E-state index in [0.717, 1.165) is 16.9 Å². The summed E-state index contributed by atoms with van der Waals surface area (Å²) in [6, 6.07) is 8.69. The van der Waals surface area contributed by atoms with Crippen LogP contribution in [0, 0.1) is 10.1 Å². The van der Waals surface area contributed by atoms with Gasteiger partial charge in [0.1, 0.15) is 0 Å². The number of nitrogens with one attached hydrogen (secondary N) is 2. The van der Waals surface area contributed by atoms with Crippen molar-refractivity contribution in [3.63, 3.8) is 0 Å². The van der Waals surface area contributed by atoms with Crippen molar-refractivity contribution in [2.45, 2.75) is 6.54 Å². The van der Waals surface area contributed by atoms with Gasteiger partial charge in [0.25, 0.3) is 5.91 Å². The molecule has 0 aliphatic rings. The fourth-order valence-corrected chi connectivity index (χ4v) is 2.42. The van der Waals surface area contributed by atoms with Crippen LogP contribution in [-0.2, 0) is 6.54 Å². The number of carbonyl (C=O) groups is 1. The maximum atomic E-state index is 12.1. The molecule has 1 aromatic heterocycles. The summed E-state index contributed by atoms with van der Waals surface area (Å²) in [7, 11) is 1.82. The molecule has 2 rings (SSSR count). The van der Waals surface area contributed by atoms with Gasteiger partial charge >= 0.3 is 5.00 Å². The Labute approximate surface area is 119 Å². The number of hydrogen-bond acceptors (Lipinski definition) is 5. The molecular formula is C13H13N3O3S. The Morgan fingerprint density at radius 1 is 1.40 bits per heavy atom. The molecule has 2 N–H and O–H groups in total. The van der Waals surface area contributed by atoms with E-state index in [1.54, 1.807) is 6.07 Å². The van der Waals surface area contributed by atoms with Crippen LogP contribution in [0.3, 0.4) is 0 Å². The minimum atomic E-state index is -0.504. The summed E-state index contributed by atoms with van der Waals surface area (Å²) < 4.78 is 0. The molecule has 0 atom stereocenters. The van der Waals surface area contributed by atoms with Gasteiger partial charge in [-0.25, -0.2) is 0 Å². The molecule has 0 aliphatic heterocycles. The first-order chi connectivity index (χ1) is 9.61. The highest BCUT2D eigenvalue weighted by Crippen LogP contribution is 2.24. The lowest BCUT2D eigenvalue weighted by Gasteiger charge is -2.09. The second-order valence-corrected chi connectivity index (χ2v) is 4.96. The topological polar surface area (TPSA) is 84.3 Å². The van der Waals surface area contributed by atoms with Crippen molar-refractivity contribution in [1.29, 1.82) is 0 Å². The molecule has 104 valence electrons. The van der Waals surface area contributed by atoms with Crippen molar-refractivity contribution in [2.24, 2.45) is 0 Å². The normalized spacial score (nSPS) is 10.2. The Bertz CT molecular complexity index is 639. The van der Waals surface area contributed by atoms with Crippen LogP contribution in [0.15, 0.2) is 35.7 Å². The Morgan fingerprint density at radius 3 is 2.80 bits per heavy atom. The van der Waals surface area contributed by atoms with Crippen LogP contribution in [0.5, 0.6) is 0 Å². The third-order valence-corrected chi connectivity index (χ3v) is 3.54. The second-order valence-electron chi connectivity index (χ2n) is 4.07. The molecule has 0 aliphatic carbocycles. The predicted octanol–water partition coefficient (Wildman–Crippen LogP) is 2.63. The monoisotopic (exact) mass is 291 g/mol. The fourth-order valence-electron chi connectivity index (χ4n) is 1.72. The number of para-hydroxylation sites is 1. The van der Waals surface area contributed by atoms with Gasteiger partial charge in [-0.3, -0.25) is 14.9 Å². The van der Waals surface area contributed by atoms with Crippen molar-refractivity contribution < 1.29 is 9.72 Å². The minimum Gasteiger partial charge on any atom is -0.322 e. The number of anilines is 1. The zero-order valence-electron chi connectivity index (χ0n) is 10.8. The molecule has 0 bridgehead atoms. The van der Waals surface area contributed by atoms with Crippen molar-refractivity contribution in [3.05, 3.63) is 57.0 Å². The van der Waals surface area contributed by atoms with Crippen LogP contribution in [0.4, 0.5) is 10.7 Å². The van der Waals surface area contributed by atoms with Gasteiger partial charge in [0.2, 0.25) is 0 Å². The highest BCUT2D eigenvalue weighted by molar-refractivity contribution is 7.13. The molecule has 0 spiro atoms. The number of nitro groups is 1. The lowest BCUT2D eigenvalue weighted by atomic mass is 10.1. The number of rotatable bonds is 5. The molecule has 6 nitrogen and oxygen atoms in total. The van der Waals surface area contributed by atoms with E-state index in [-0.39, 0.29) is 10.9 Å². The summed E-state index contributed by atoms with van der Waals surface area (Å²) in [6.45, 7) is 0.625. The Morgan fingerprint density at radius 2 is 2.15 bits per heavy atom. The van der Waals surface area contributed by atoms with Gasteiger partial charge in [-0.1, -0.05) is 29.5 Å². The Kier molecular flexibility index (Phi) is 4.44. The molecular weight excluding hydrogens is 278 g/mol. The molecule has 20 heavy (non-hydrogen) atoms. The molecule has 0 saturated carbocycles. The van der Waals surface area contributed by atoms with Gasteiger partial charge in [0.15, 0.2) is 0 Å². The van der Waals surface area contributed by atoms with Crippen molar-refractivity contribution in [3.8, 4) is 0 Å². The molecule has 1 amide bonds. The largest absolute Gasteiger partial charge is 0.324 e. The number of thiophene rings is 1. The van der Waals surface area contributed by atoms with E-state index in [1.807, 2.05) is 25.2 Å². The molecule has 0 fully saturated rings. The molecule has 7 heteroatoms. The van der Waals surface area contributed by atoms with E-state index in [0.29, 0.717) is 17.8 Å². The first kappa shape index (κ1) is 14.2. The van der Waals surface area contributed by atoms with Crippen molar-refractivity contribution in [1.82, 2.24) is 5.32 Å². The van der Waals surface area contributed by atoms with Crippen LogP contribution in [0.25, 0.3) is 0 Å². The van der Waals surface area contributed by atoms with Crippen LogP contribution in [0.1, 0.15) is 15.9 Å². The Balaban J connectivity index is 2.16. The quantitative estimate of drug-likeness (QED) is 0.655. The van der Waals surface area contributed by atoms with E-state index in [4.69, 9.17) is 0 Å². The number of hydrogen-bond donors (Lipinski definition) is 2. The van der Waals surface area contributed by atoms with E-state index >= 15 is 0 Å². The maximum Gasteiger partial charge on any atom is 0.324 e. The van der Waals surface area contributed by atoms with Crippen LogP contribution >= 0.6 is 11.3 Å². The Hall–Kier alpha value is -2.25. The van der Waals surface area contributed by atoms with Crippen molar-refractivity contribution in [2.75, 3.05) is 12.4 Å². The lowest BCUT2D eigenvalue weighted by molar-refractivity contribution is -0.380. The molecule has 2 aromatic rings. The van der Waals surface area contributed by atoms with Gasteiger partial charge < -0.3 is 10.6 Å². The van der Waals surface area contributed by atoms with Crippen LogP contribution in [-0.4, -0.2) is 17.9 Å². The van der Waals surface area contributed by atoms with Gasteiger partial charge in [-0.15, -0.1) is 0 Å². The minimum absolute atomic E-state index is 0.0429. The predicted molar refractivity (Wildman–Crippen MR) is 78.1 cm³/mol. The lowest BCUT2D eigenvalue weighted by Crippen LogP contribution is -2.14.